The van der Waals surface area contributed by atoms with Crippen molar-refractivity contribution in [2.75, 3.05) is 24.7 Å². The predicted octanol–water partition coefficient (Wildman–Crippen LogP) is 4.42. The minimum Gasteiger partial charge on any atom is -0.496 e. The SMILES string of the molecule is COc1cc(C(=O)Nc2cc(C)ccn2)ccc1-c1nc([C@@H]2CC[C@@H]3N(C2)C(=O)OC3(C)C)n2ccnc(N)c12. The van der Waals surface area contributed by atoms with E-state index in [9.17, 15) is 9.59 Å². The molecule has 2 atom stereocenters. The highest BCUT2D eigenvalue weighted by molar-refractivity contribution is 6.04. The van der Waals surface area contributed by atoms with Crippen molar-refractivity contribution in [2.45, 2.75) is 51.2 Å². The zero-order valence-electron chi connectivity index (χ0n) is 22.8. The number of nitrogen functional groups attached to an aromatic ring is 1. The van der Waals surface area contributed by atoms with E-state index in [1.807, 2.05) is 42.3 Å². The van der Waals surface area contributed by atoms with E-state index in [-0.39, 0.29) is 24.0 Å². The molecule has 3 aromatic heterocycles. The van der Waals surface area contributed by atoms with Gasteiger partial charge in [0.25, 0.3) is 5.91 Å². The molecule has 206 valence electrons. The van der Waals surface area contributed by atoms with Crippen LogP contribution in [-0.4, -0.2) is 61.6 Å². The predicted molar refractivity (Wildman–Crippen MR) is 149 cm³/mol. The molecule has 2 saturated heterocycles. The molecule has 0 saturated carbocycles. The van der Waals surface area contributed by atoms with Crippen LogP contribution >= 0.6 is 0 Å². The number of amides is 2. The number of aryl methyl sites for hydroxylation is 1. The largest absolute Gasteiger partial charge is 0.496 e. The number of fused-ring (bicyclic) bond motifs is 2. The minimum atomic E-state index is -0.521. The Kier molecular flexibility index (Phi) is 6.09. The van der Waals surface area contributed by atoms with E-state index in [0.717, 1.165) is 24.2 Å². The molecule has 3 N–H and O–H groups in total. The van der Waals surface area contributed by atoms with E-state index in [0.29, 0.717) is 46.3 Å². The number of carbonyl (C=O) groups excluding carboxylic acids is 2. The van der Waals surface area contributed by atoms with Crippen molar-refractivity contribution in [3.8, 4) is 17.0 Å². The number of pyridine rings is 1. The van der Waals surface area contributed by atoms with Gasteiger partial charge in [-0.2, -0.15) is 0 Å². The van der Waals surface area contributed by atoms with Crippen LogP contribution in [0.2, 0.25) is 0 Å². The number of hydrogen-bond acceptors (Lipinski definition) is 8. The highest BCUT2D eigenvalue weighted by Crippen LogP contribution is 2.42. The number of cyclic esters (lactones) is 1. The van der Waals surface area contributed by atoms with E-state index in [1.165, 1.54) is 0 Å². The van der Waals surface area contributed by atoms with Gasteiger partial charge in [-0.25, -0.2) is 19.7 Å². The number of rotatable bonds is 5. The van der Waals surface area contributed by atoms with Crippen LogP contribution in [0.15, 0.2) is 48.9 Å². The molecule has 0 unspecified atom stereocenters. The van der Waals surface area contributed by atoms with Gasteiger partial charge in [0.05, 0.1) is 13.2 Å². The first-order valence-electron chi connectivity index (χ1n) is 13.2. The average Bonchev–Trinajstić information content (AvgIpc) is 3.43. The maximum Gasteiger partial charge on any atom is 0.410 e. The standard InChI is InChI=1S/C29H31N7O4/c1-16-9-10-31-22(13-16)33-27(37)17-5-7-19(20(14-17)39-4)23-24-25(30)32-11-12-35(24)26(34-23)18-6-8-21-29(2,3)40-28(38)36(21)15-18/h5,7,9-14,18,21H,6,8,15H2,1-4H3,(H2,30,32)(H,31,33,37)/t18-,21+/m1/s1. The average molecular weight is 542 g/mol. The minimum absolute atomic E-state index is 0.0291. The van der Waals surface area contributed by atoms with Crippen molar-refractivity contribution in [3.05, 3.63) is 65.9 Å². The monoisotopic (exact) mass is 541 g/mol. The molecular formula is C29H31N7O4. The number of nitrogens with zero attached hydrogens (tertiary/aromatic N) is 5. The fourth-order valence-electron chi connectivity index (χ4n) is 5.84. The zero-order valence-corrected chi connectivity index (χ0v) is 22.8. The Labute approximate surface area is 231 Å². The summed E-state index contributed by atoms with van der Waals surface area (Å²) in [6.07, 6.45) is 6.47. The molecule has 2 aliphatic rings. The van der Waals surface area contributed by atoms with Crippen LogP contribution in [0.25, 0.3) is 16.8 Å². The Hall–Kier alpha value is -4.67. The molecule has 11 heteroatoms. The summed E-state index contributed by atoms with van der Waals surface area (Å²) < 4.78 is 13.3. The van der Waals surface area contributed by atoms with Crippen LogP contribution in [0.1, 0.15) is 54.4 Å². The number of carbonyl (C=O) groups is 2. The number of benzene rings is 1. The first-order chi connectivity index (χ1) is 19.2. The molecule has 2 fully saturated rings. The maximum atomic E-state index is 13.0. The number of ether oxygens (including phenoxy) is 2. The summed E-state index contributed by atoms with van der Waals surface area (Å²) in [5.74, 6) is 1.70. The van der Waals surface area contributed by atoms with Crippen molar-refractivity contribution in [1.82, 2.24) is 24.3 Å². The number of aromatic nitrogens is 4. The molecule has 40 heavy (non-hydrogen) atoms. The summed E-state index contributed by atoms with van der Waals surface area (Å²) in [6.45, 7) is 6.34. The smallest absolute Gasteiger partial charge is 0.410 e. The topological polar surface area (TPSA) is 137 Å². The van der Waals surface area contributed by atoms with Gasteiger partial charge in [-0.3, -0.25) is 9.20 Å². The third-order valence-corrected chi connectivity index (χ3v) is 7.82. The van der Waals surface area contributed by atoms with Gasteiger partial charge in [-0.1, -0.05) is 0 Å². The summed E-state index contributed by atoms with van der Waals surface area (Å²) in [5.41, 5.74) is 9.17. The van der Waals surface area contributed by atoms with E-state index >= 15 is 0 Å². The maximum absolute atomic E-state index is 13.0. The number of nitrogens with one attached hydrogen (secondary N) is 1. The fourth-order valence-corrected chi connectivity index (χ4v) is 5.84. The molecule has 5 heterocycles. The molecular weight excluding hydrogens is 510 g/mol. The van der Waals surface area contributed by atoms with Crippen molar-refractivity contribution in [2.24, 2.45) is 0 Å². The third-order valence-electron chi connectivity index (χ3n) is 7.82. The fraction of sp³-hybridized carbons (Fsp3) is 0.345. The Balaban J connectivity index is 1.37. The van der Waals surface area contributed by atoms with Gasteiger partial charge in [0.1, 0.15) is 40.0 Å². The lowest BCUT2D eigenvalue weighted by Crippen LogP contribution is -2.46. The quantitative estimate of drug-likeness (QED) is 0.379. The van der Waals surface area contributed by atoms with Crippen molar-refractivity contribution in [1.29, 1.82) is 0 Å². The van der Waals surface area contributed by atoms with Crippen molar-refractivity contribution < 1.29 is 19.1 Å². The van der Waals surface area contributed by atoms with Gasteiger partial charge >= 0.3 is 6.09 Å². The first kappa shape index (κ1) is 25.6. The van der Waals surface area contributed by atoms with Crippen LogP contribution in [0, 0.1) is 6.92 Å². The molecule has 2 amide bonds. The summed E-state index contributed by atoms with van der Waals surface area (Å²) in [6, 6.07) is 8.88. The number of methoxy groups -OCH3 is 1. The van der Waals surface area contributed by atoms with Gasteiger partial charge in [-0.15, -0.1) is 0 Å². The van der Waals surface area contributed by atoms with Crippen LogP contribution < -0.4 is 15.8 Å². The highest BCUT2D eigenvalue weighted by atomic mass is 16.6. The van der Waals surface area contributed by atoms with Gasteiger partial charge in [0.15, 0.2) is 0 Å². The second kappa shape index (κ2) is 9.51. The van der Waals surface area contributed by atoms with E-state index < -0.39 is 5.60 Å². The molecule has 0 aliphatic carbocycles. The third kappa shape index (κ3) is 4.27. The molecule has 11 nitrogen and oxygen atoms in total. The lowest BCUT2D eigenvalue weighted by Gasteiger charge is -2.36. The van der Waals surface area contributed by atoms with Gasteiger partial charge in [0, 0.05) is 42.2 Å². The summed E-state index contributed by atoms with van der Waals surface area (Å²) >= 11 is 0. The Morgan fingerprint density at radius 2 is 2.00 bits per heavy atom. The Morgan fingerprint density at radius 3 is 2.77 bits per heavy atom. The van der Waals surface area contributed by atoms with Crippen LogP contribution in [0.4, 0.5) is 16.4 Å². The highest BCUT2D eigenvalue weighted by Gasteiger charge is 2.50. The number of imidazole rings is 1. The summed E-state index contributed by atoms with van der Waals surface area (Å²) in [4.78, 5) is 41.0. The molecule has 0 spiro atoms. The number of anilines is 2. The lowest BCUT2D eigenvalue weighted by atomic mass is 9.86. The Bertz CT molecular complexity index is 1650. The van der Waals surface area contributed by atoms with E-state index in [4.69, 9.17) is 20.2 Å². The molecule has 2 aliphatic heterocycles. The normalized spacial score (nSPS) is 19.8. The van der Waals surface area contributed by atoms with Crippen LogP contribution in [0.5, 0.6) is 5.75 Å². The molecule has 0 bridgehead atoms. The van der Waals surface area contributed by atoms with Crippen molar-refractivity contribution >= 4 is 29.2 Å². The second-order valence-corrected chi connectivity index (χ2v) is 10.9. The second-order valence-electron chi connectivity index (χ2n) is 10.9. The summed E-state index contributed by atoms with van der Waals surface area (Å²) in [5, 5.41) is 2.83. The summed E-state index contributed by atoms with van der Waals surface area (Å²) in [7, 11) is 1.55. The molecule has 4 aromatic rings. The molecule has 1 aromatic carbocycles. The lowest BCUT2D eigenvalue weighted by molar-refractivity contribution is 0.0612. The number of piperidine rings is 1. The van der Waals surface area contributed by atoms with Gasteiger partial charge in [0.2, 0.25) is 0 Å². The first-order valence-corrected chi connectivity index (χ1v) is 13.2. The van der Waals surface area contributed by atoms with Gasteiger partial charge in [-0.05, 0) is 69.5 Å². The number of hydrogen-bond donors (Lipinski definition) is 2. The zero-order chi connectivity index (χ0) is 28.2. The van der Waals surface area contributed by atoms with E-state index in [2.05, 4.69) is 15.3 Å². The van der Waals surface area contributed by atoms with Crippen molar-refractivity contribution in [3.63, 3.8) is 0 Å². The molecule has 6 rings (SSSR count). The van der Waals surface area contributed by atoms with Gasteiger partial charge < -0.3 is 25.4 Å². The molecule has 0 radical (unpaired) electrons. The van der Waals surface area contributed by atoms with E-state index in [1.54, 1.807) is 43.8 Å². The number of nitrogens with two attached hydrogens (primary N) is 1. The Morgan fingerprint density at radius 1 is 1.18 bits per heavy atom. The van der Waals surface area contributed by atoms with Crippen LogP contribution in [-0.2, 0) is 4.74 Å². The van der Waals surface area contributed by atoms with Crippen LogP contribution in [0.3, 0.4) is 0 Å².